The highest BCUT2D eigenvalue weighted by atomic mass is 35.5. The number of hydrogen-bond donors (Lipinski definition) is 0. The third kappa shape index (κ3) is 3.06. The first-order valence-electron chi connectivity index (χ1n) is 5.54. The highest BCUT2D eigenvalue weighted by Crippen LogP contribution is 2.39. The predicted octanol–water partition coefficient (Wildman–Crippen LogP) is 3.02. The average Bonchev–Trinajstić information content (AvgIpc) is 2.47. The van der Waals surface area contributed by atoms with E-state index < -0.39 is 0 Å². The Hall–Kier alpha value is -2.01. The fourth-order valence-electron chi connectivity index (χ4n) is 1.52. The highest BCUT2D eigenvalue weighted by molar-refractivity contribution is 6.16. The number of methoxy groups -OCH3 is 2. The molecule has 0 fully saturated rings. The Balaban J connectivity index is 2.36. The van der Waals surface area contributed by atoms with Gasteiger partial charge in [-0.2, -0.15) is 0 Å². The van der Waals surface area contributed by atoms with E-state index in [0.717, 1.165) is 0 Å². The summed E-state index contributed by atoms with van der Waals surface area (Å²) in [4.78, 5) is 8.22. The number of halogens is 1. The van der Waals surface area contributed by atoms with Crippen molar-refractivity contribution in [3.63, 3.8) is 0 Å². The van der Waals surface area contributed by atoms with Crippen molar-refractivity contribution in [2.24, 2.45) is 0 Å². The SMILES string of the molecule is COc1cccc(OC)c1Oc1cncc(CCl)n1. The number of alkyl halides is 1. The summed E-state index contributed by atoms with van der Waals surface area (Å²) in [5.74, 6) is 2.16. The van der Waals surface area contributed by atoms with E-state index in [0.29, 0.717) is 28.8 Å². The van der Waals surface area contributed by atoms with Gasteiger partial charge in [-0.05, 0) is 12.1 Å². The Labute approximate surface area is 116 Å². The smallest absolute Gasteiger partial charge is 0.238 e. The van der Waals surface area contributed by atoms with Crippen LogP contribution in [-0.4, -0.2) is 24.2 Å². The monoisotopic (exact) mass is 280 g/mol. The first-order valence-corrected chi connectivity index (χ1v) is 6.07. The zero-order valence-electron chi connectivity index (χ0n) is 10.6. The van der Waals surface area contributed by atoms with Crippen LogP contribution in [0.1, 0.15) is 5.69 Å². The number of rotatable bonds is 5. The molecule has 0 saturated carbocycles. The molecule has 0 spiro atoms. The fourth-order valence-corrected chi connectivity index (χ4v) is 1.65. The molecule has 19 heavy (non-hydrogen) atoms. The first kappa shape index (κ1) is 13.4. The van der Waals surface area contributed by atoms with Gasteiger partial charge in [0.25, 0.3) is 0 Å². The maximum absolute atomic E-state index is 5.71. The quantitative estimate of drug-likeness (QED) is 0.788. The van der Waals surface area contributed by atoms with Crippen LogP contribution in [0.25, 0.3) is 0 Å². The van der Waals surface area contributed by atoms with Crippen LogP contribution < -0.4 is 14.2 Å². The Morgan fingerprint density at radius 1 is 1.11 bits per heavy atom. The molecular formula is C13H13ClN2O3. The summed E-state index contributed by atoms with van der Waals surface area (Å²) in [6.07, 6.45) is 3.08. The Morgan fingerprint density at radius 3 is 2.37 bits per heavy atom. The van der Waals surface area contributed by atoms with Gasteiger partial charge < -0.3 is 14.2 Å². The summed E-state index contributed by atoms with van der Waals surface area (Å²) in [5.41, 5.74) is 0.632. The summed E-state index contributed by atoms with van der Waals surface area (Å²) >= 11 is 5.71. The van der Waals surface area contributed by atoms with Crippen LogP contribution in [0, 0.1) is 0 Å². The van der Waals surface area contributed by atoms with E-state index in [1.807, 2.05) is 6.07 Å². The maximum atomic E-state index is 5.71. The lowest BCUT2D eigenvalue weighted by molar-refractivity contribution is 0.341. The zero-order valence-corrected chi connectivity index (χ0v) is 11.3. The summed E-state index contributed by atoms with van der Waals surface area (Å²) < 4.78 is 16.2. The van der Waals surface area contributed by atoms with Gasteiger partial charge in [-0.15, -0.1) is 11.6 Å². The molecule has 2 aromatic rings. The molecule has 0 aliphatic rings. The molecule has 1 aromatic carbocycles. The number of aromatic nitrogens is 2. The second-order valence-corrected chi connectivity index (χ2v) is 3.84. The molecule has 2 rings (SSSR count). The van der Waals surface area contributed by atoms with Gasteiger partial charge in [0.2, 0.25) is 11.6 Å². The molecule has 0 amide bonds. The van der Waals surface area contributed by atoms with Crippen LogP contribution in [0.15, 0.2) is 30.6 Å². The summed E-state index contributed by atoms with van der Waals surface area (Å²) in [5, 5.41) is 0. The van der Waals surface area contributed by atoms with Crippen molar-refractivity contribution in [1.82, 2.24) is 9.97 Å². The van der Waals surface area contributed by atoms with E-state index in [2.05, 4.69) is 9.97 Å². The topological polar surface area (TPSA) is 53.5 Å². The Kier molecular flexibility index (Phi) is 4.41. The van der Waals surface area contributed by atoms with Gasteiger partial charge in [0.15, 0.2) is 11.5 Å². The molecule has 0 aliphatic carbocycles. The van der Waals surface area contributed by atoms with E-state index in [1.54, 1.807) is 32.5 Å². The molecule has 1 heterocycles. The van der Waals surface area contributed by atoms with Crippen LogP contribution >= 0.6 is 11.6 Å². The number of ether oxygens (including phenoxy) is 3. The first-order chi connectivity index (χ1) is 9.28. The van der Waals surface area contributed by atoms with Gasteiger partial charge in [-0.3, -0.25) is 4.98 Å². The molecule has 0 atom stereocenters. The summed E-state index contributed by atoms with van der Waals surface area (Å²) in [7, 11) is 3.12. The molecule has 0 aliphatic heterocycles. The van der Waals surface area contributed by atoms with Crippen LogP contribution in [0.5, 0.6) is 23.1 Å². The molecule has 0 saturated heterocycles. The minimum absolute atomic E-state index is 0.271. The van der Waals surface area contributed by atoms with Gasteiger partial charge >= 0.3 is 0 Å². The van der Waals surface area contributed by atoms with Gasteiger partial charge in [0.1, 0.15) is 0 Å². The van der Waals surface area contributed by atoms with Crippen molar-refractivity contribution in [2.45, 2.75) is 5.88 Å². The van der Waals surface area contributed by atoms with E-state index in [-0.39, 0.29) is 5.88 Å². The Bertz CT molecular complexity index is 541. The molecule has 5 nitrogen and oxygen atoms in total. The minimum atomic E-state index is 0.271. The van der Waals surface area contributed by atoms with Crippen LogP contribution in [-0.2, 0) is 5.88 Å². The average molecular weight is 281 g/mol. The van der Waals surface area contributed by atoms with Crippen molar-refractivity contribution in [3.8, 4) is 23.1 Å². The lowest BCUT2D eigenvalue weighted by atomic mass is 10.3. The third-order valence-corrected chi connectivity index (χ3v) is 2.66. The molecular weight excluding hydrogens is 268 g/mol. The molecule has 0 unspecified atom stereocenters. The van der Waals surface area contributed by atoms with E-state index >= 15 is 0 Å². The number of nitrogens with zero attached hydrogens (tertiary/aromatic N) is 2. The number of hydrogen-bond acceptors (Lipinski definition) is 5. The number of para-hydroxylation sites is 1. The second kappa shape index (κ2) is 6.24. The standard InChI is InChI=1S/C13H13ClN2O3/c1-17-10-4-3-5-11(18-2)13(10)19-12-8-15-7-9(6-14)16-12/h3-5,7-8H,6H2,1-2H3. The molecule has 0 bridgehead atoms. The van der Waals surface area contributed by atoms with Gasteiger partial charge in [0, 0.05) is 6.20 Å². The van der Waals surface area contributed by atoms with Crippen molar-refractivity contribution in [3.05, 3.63) is 36.3 Å². The van der Waals surface area contributed by atoms with Gasteiger partial charge in [-0.25, -0.2) is 4.98 Å². The molecule has 0 radical (unpaired) electrons. The zero-order chi connectivity index (χ0) is 13.7. The van der Waals surface area contributed by atoms with Crippen molar-refractivity contribution in [1.29, 1.82) is 0 Å². The fraction of sp³-hybridized carbons (Fsp3) is 0.231. The lowest BCUT2D eigenvalue weighted by Gasteiger charge is -2.13. The molecule has 100 valence electrons. The normalized spacial score (nSPS) is 10.1. The Morgan fingerprint density at radius 2 is 1.79 bits per heavy atom. The summed E-state index contributed by atoms with van der Waals surface area (Å²) in [6.45, 7) is 0. The van der Waals surface area contributed by atoms with Gasteiger partial charge in [-0.1, -0.05) is 6.07 Å². The predicted molar refractivity (Wildman–Crippen MR) is 71.2 cm³/mol. The van der Waals surface area contributed by atoms with Crippen LogP contribution in [0.4, 0.5) is 0 Å². The largest absolute Gasteiger partial charge is 0.493 e. The maximum Gasteiger partial charge on any atom is 0.238 e. The number of benzene rings is 1. The van der Waals surface area contributed by atoms with Crippen molar-refractivity contribution in [2.75, 3.05) is 14.2 Å². The minimum Gasteiger partial charge on any atom is -0.493 e. The molecule has 1 aromatic heterocycles. The van der Waals surface area contributed by atoms with E-state index in [1.165, 1.54) is 6.20 Å². The van der Waals surface area contributed by atoms with Gasteiger partial charge in [0.05, 0.1) is 32.0 Å². The molecule has 6 heteroatoms. The molecule has 0 N–H and O–H groups in total. The van der Waals surface area contributed by atoms with Crippen molar-refractivity contribution < 1.29 is 14.2 Å². The van der Waals surface area contributed by atoms with Crippen LogP contribution in [0.3, 0.4) is 0 Å². The van der Waals surface area contributed by atoms with E-state index in [4.69, 9.17) is 25.8 Å². The summed E-state index contributed by atoms with van der Waals surface area (Å²) in [6, 6.07) is 5.36. The second-order valence-electron chi connectivity index (χ2n) is 3.58. The van der Waals surface area contributed by atoms with Crippen LogP contribution in [0.2, 0.25) is 0 Å². The van der Waals surface area contributed by atoms with Crippen molar-refractivity contribution >= 4 is 11.6 Å². The van der Waals surface area contributed by atoms with E-state index in [9.17, 15) is 0 Å². The third-order valence-electron chi connectivity index (χ3n) is 2.39. The highest BCUT2D eigenvalue weighted by Gasteiger charge is 2.13. The lowest BCUT2D eigenvalue weighted by Crippen LogP contribution is -1.97.